The molecule has 20 heavy (non-hydrogen) atoms. The Morgan fingerprint density at radius 1 is 1.15 bits per heavy atom. The summed E-state index contributed by atoms with van der Waals surface area (Å²) < 4.78 is 15.1. The van der Waals surface area contributed by atoms with E-state index in [0.29, 0.717) is 18.4 Å². The third-order valence-corrected chi connectivity index (χ3v) is 4.58. The van der Waals surface area contributed by atoms with E-state index < -0.39 is 5.60 Å². The Kier molecular flexibility index (Phi) is 3.43. The number of hydrogen-bond acceptors (Lipinski definition) is 1. The number of rotatable bonds is 1. The number of aryl methyl sites for hydroxylation is 2. The average molecular weight is 335 g/mol. The molecule has 1 atom stereocenters. The van der Waals surface area contributed by atoms with Crippen molar-refractivity contribution < 1.29 is 9.50 Å². The molecule has 1 aliphatic carbocycles. The predicted molar refractivity (Wildman–Crippen MR) is 81.2 cm³/mol. The highest BCUT2D eigenvalue weighted by Gasteiger charge is 2.36. The van der Waals surface area contributed by atoms with E-state index in [9.17, 15) is 9.50 Å². The predicted octanol–water partition coefficient (Wildman–Crippen LogP) is 4.27. The minimum atomic E-state index is -1.10. The monoisotopic (exact) mass is 334 g/mol. The van der Waals surface area contributed by atoms with Gasteiger partial charge in [0.05, 0.1) is 5.60 Å². The number of benzene rings is 2. The molecule has 1 N–H and O–H groups in total. The molecule has 0 fully saturated rings. The topological polar surface area (TPSA) is 20.2 Å². The molecule has 0 spiro atoms. The molecule has 2 aromatic carbocycles. The zero-order chi connectivity index (χ0) is 14.3. The van der Waals surface area contributed by atoms with Crippen LogP contribution in [0.2, 0.25) is 0 Å². The number of aliphatic hydroxyl groups is 1. The Hall–Kier alpha value is -1.19. The zero-order valence-electron chi connectivity index (χ0n) is 11.3. The van der Waals surface area contributed by atoms with Crippen LogP contribution in [0.5, 0.6) is 0 Å². The molecule has 3 rings (SSSR count). The third-order valence-electron chi connectivity index (χ3n) is 4.08. The SMILES string of the molecule is Cc1ccc(F)c(C2(O)CCc3cc(Br)ccc3C2)c1. The summed E-state index contributed by atoms with van der Waals surface area (Å²) in [5.41, 5.74) is 2.62. The van der Waals surface area contributed by atoms with E-state index in [1.807, 2.05) is 19.1 Å². The van der Waals surface area contributed by atoms with Crippen molar-refractivity contribution in [2.75, 3.05) is 0 Å². The van der Waals surface area contributed by atoms with E-state index in [1.54, 1.807) is 12.1 Å². The van der Waals surface area contributed by atoms with Crippen LogP contribution in [0.3, 0.4) is 0 Å². The van der Waals surface area contributed by atoms with Crippen LogP contribution in [0.1, 0.15) is 28.7 Å². The van der Waals surface area contributed by atoms with E-state index in [-0.39, 0.29) is 5.82 Å². The van der Waals surface area contributed by atoms with Gasteiger partial charge in [-0.25, -0.2) is 4.39 Å². The van der Waals surface area contributed by atoms with Gasteiger partial charge in [0.2, 0.25) is 0 Å². The van der Waals surface area contributed by atoms with Crippen LogP contribution in [0, 0.1) is 12.7 Å². The Labute approximate surface area is 126 Å². The van der Waals surface area contributed by atoms with Crippen molar-refractivity contribution in [1.29, 1.82) is 0 Å². The second-order valence-electron chi connectivity index (χ2n) is 5.60. The smallest absolute Gasteiger partial charge is 0.129 e. The van der Waals surface area contributed by atoms with Gasteiger partial charge in [-0.15, -0.1) is 0 Å². The lowest BCUT2D eigenvalue weighted by molar-refractivity contribution is 0.0188. The normalized spacial score (nSPS) is 21.6. The maximum Gasteiger partial charge on any atom is 0.129 e. The van der Waals surface area contributed by atoms with Crippen LogP contribution < -0.4 is 0 Å². The van der Waals surface area contributed by atoms with Crippen molar-refractivity contribution in [2.45, 2.75) is 31.8 Å². The molecular weight excluding hydrogens is 319 g/mol. The highest BCUT2D eigenvalue weighted by atomic mass is 79.9. The largest absolute Gasteiger partial charge is 0.385 e. The highest BCUT2D eigenvalue weighted by molar-refractivity contribution is 9.10. The van der Waals surface area contributed by atoms with Crippen molar-refractivity contribution >= 4 is 15.9 Å². The van der Waals surface area contributed by atoms with Gasteiger partial charge < -0.3 is 5.11 Å². The van der Waals surface area contributed by atoms with Crippen molar-refractivity contribution in [1.82, 2.24) is 0 Å². The van der Waals surface area contributed by atoms with Gasteiger partial charge in [-0.3, -0.25) is 0 Å². The maximum absolute atomic E-state index is 14.1. The molecule has 0 bridgehead atoms. The second-order valence-corrected chi connectivity index (χ2v) is 6.52. The molecule has 0 aliphatic heterocycles. The minimum absolute atomic E-state index is 0.321. The first kappa shape index (κ1) is 13.8. The van der Waals surface area contributed by atoms with Gasteiger partial charge in [-0.2, -0.15) is 0 Å². The first-order chi connectivity index (χ1) is 9.48. The molecule has 0 saturated heterocycles. The molecule has 2 aromatic rings. The summed E-state index contributed by atoms with van der Waals surface area (Å²) in [5.74, 6) is -0.321. The maximum atomic E-state index is 14.1. The van der Waals surface area contributed by atoms with Crippen molar-refractivity contribution in [3.8, 4) is 0 Å². The summed E-state index contributed by atoms with van der Waals surface area (Å²) in [6.07, 6.45) is 1.78. The van der Waals surface area contributed by atoms with Crippen molar-refractivity contribution in [2.24, 2.45) is 0 Å². The van der Waals surface area contributed by atoms with Crippen LogP contribution in [0.25, 0.3) is 0 Å². The molecular formula is C17H16BrFO. The second kappa shape index (κ2) is 4.97. The quantitative estimate of drug-likeness (QED) is 0.825. The van der Waals surface area contributed by atoms with Crippen molar-refractivity contribution in [3.63, 3.8) is 0 Å². The molecule has 0 saturated carbocycles. The summed E-state index contributed by atoms with van der Waals surface area (Å²) in [5, 5.41) is 10.9. The molecule has 0 heterocycles. The van der Waals surface area contributed by atoms with E-state index in [4.69, 9.17) is 0 Å². The third kappa shape index (κ3) is 2.40. The lowest BCUT2D eigenvalue weighted by atomic mass is 9.76. The summed E-state index contributed by atoms with van der Waals surface area (Å²) in [6.45, 7) is 1.92. The summed E-state index contributed by atoms with van der Waals surface area (Å²) >= 11 is 3.46. The van der Waals surface area contributed by atoms with E-state index >= 15 is 0 Å². The van der Waals surface area contributed by atoms with Gasteiger partial charge in [0.1, 0.15) is 5.82 Å². The summed E-state index contributed by atoms with van der Waals surface area (Å²) in [6, 6.07) is 11.0. The molecule has 0 amide bonds. The summed E-state index contributed by atoms with van der Waals surface area (Å²) in [7, 11) is 0. The van der Waals surface area contributed by atoms with E-state index in [0.717, 1.165) is 22.0 Å². The molecule has 0 radical (unpaired) electrons. The van der Waals surface area contributed by atoms with Crippen LogP contribution in [0.4, 0.5) is 4.39 Å². The lowest BCUT2D eigenvalue weighted by Gasteiger charge is -2.34. The fourth-order valence-corrected chi connectivity index (χ4v) is 3.38. The first-order valence-electron chi connectivity index (χ1n) is 6.74. The fourth-order valence-electron chi connectivity index (χ4n) is 2.97. The Balaban J connectivity index is 2.02. The van der Waals surface area contributed by atoms with Crippen molar-refractivity contribution in [3.05, 3.63) is 68.9 Å². The number of hydrogen-bond donors (Lipinski definition) is 1. The Bertz CT molecular complexity index is 668. The lowest BCUT2D eigenvalue weighted by Crippen LogP contribution is -2.34. The zero-order valence-corrected chi connectivity index (χ0v) is 12.9. The van der Waals surface area contributed by atoms with Crippen LogP contribution in [-0.2, 0) is 18.4 Å². The van der Waals surface area contributed by atoms with Gasteiger partial charge in [-0.05, 0) is 49.1 Å². The average Bonchev–Trinajstić information content (AvgIpc) is 2.42. The molecule has 0 aromatic heterocycles. The Morgan fingerprint density at radius 3 is 2.75 bits per heavy atom. The first-order valence-corrected chi connectivity index (χ1v) is 7.53. The van der Waals surface area contributed by atoms with Gasteiger partial charge in [0.25, 0.3) is 0 Å². The van der Waals surface area contributed by atoms with Gasteiger partial charge in [-0.1, -0.05) is 39.7 Å². The fraction of sp³-hybridized carbons (Fsp3) is 0.294. The summed E-state index contributed by atoms with van der Waals surface area (Å²) in [4.78, 5) is 0. The highest BCUT2D eigenvalue weighted by Crippen LogP contribution is 2.38. The van der Waals surface area contributed by atoms with Crippen LogP contribution >= 0.6 is 15.9 Å². The van der Waals surface area contributed by atoms with Crippen LogP contribution in [0.15, 0.2) is 40.9 Å². The van der Waals surface area contributed by atoms with Gasteiger partial charge >= 0.3 is 0 Å². The van der Waals surface area contributed by atoms with Gasteiger partial charge in [0.15, 0.2) is 0 Å². The Morgan fingerprint density at radius 2 is 1.95 bits per heavy atom. The van der Waals surface area contributed by atoms with Gasteiger partial charge in [0, 0.05) is 16.5 Å². The standard InChI is InChI=1S/C17H16BrFO/c1-11-2-5-16(19)15(8-11)17(20)7-6-12-9-14(18)4-3-13(12)10-17/h2-5,8-9,20H,6-7,10H2,1H3. The molecule has 104 valence electrons. The van der Waals surface area contributed by atoms with Crippen LogP contribution in [-0.4, -0.2) is 5.11 Å². The van der Waals surface area contributed by atoms with E-state index in [1.165, 1.54) is 11.6 Å². The molecule has 3 heteroatoms. The van der Waals surface area contributed by atoms with E-state index in [2.05, 4.69) is 22.0 Å². The number of halogens is 2. The molecule has 1 aliphatic rings. The molecule has 1 unspecified atom stereocenters. The number of fused-ring (bicyclic) bond motifs is 1. The minimum Gasteiger partial charge on any atom is -0.385 e. The molecule has 1 nitrogen and oxygen atoms in total.